The molecule has 2 atom stereocenters. The average molecular weight is 260 g/mol. The van der Waals surface area contributed by atoms with Crippen LogP contribution in [-0.4, -0.2) is 29.4 Å². The fourth-order valence-electron chi connectivity index (χ4n) is 2.09. The molecule has 0 amide bonds. The van der Waals surface area contributed by atoms with Crippen LogP contribution in [0.1, 0.15) is 25.1 Å². The molecule has 2 rings (SSSR count). The van der Waals surface area contributed by atoms with Gasteiger partial charge in [0.2, 0.25) is 0 Å². The molecule has 1 saturated heterocycles. The lowest BCUT2D eigenvalue weighted by Gasteiger charge is -2.19. The van der Waals surface area contributed by atoms with E-state index in [9.17, 15) is 18.3 Å². The fourth-order valence-corrected chi connectivity index (χ4v) is 2.09. The Morgan fingerprint density at radius 3 is 2.61 bits per heavy atom. The van der Waals surface area contributed by atoms with E-state index >= 15 is 0 Å². The molecule has 6 heteroatoms. The molecular formula is C12H15F3N2O. The van der Waals surface area contributed by atoms with E-state index in [4.69, 9.17) is 0 Å². The zero-order chi connectivity index (χ0) is 13.3. The number of hydrogen-bond donors (Lipinski definition) is 1. The van der Waals surface area contributed by atoms with Crippen LogP contribution in [0.25, 0.3) is 0 Å². The highest BCUT2D eigenvalue weighted by Gasteiger charge is 2.43. The number of rotatable bonds is 2. The molecule has 0 aliphatic carbocycles. The number of halogens is 3. The van der Waals surface area contributed by atoms with Gasteiger partial charge in [0.1, 0.15) is 0 Å². The summed E-state index contributed by atoms with van der Waals surface area (Å²) in [6, 6.07) is 3.34. The molecule has 1 aliphatic rings. The molecule has 1 fully saturated rings. The Morgan fingerprint density at radius 1 is 1.44 bits per heavy atom. The second kappa shape index (κ2) is 4.76. The van der Waals surface area contributed by atoms with E-state index in [0.717, 1.165) is 0 Å². The summed E-state index contributed by atoms with van der Waals surface area (Å²) < 4.78 is 37.6. The van der Waals surface area contributed by atoms with Gasteiger partial charge in [0.05, 0.1) is 29.6 Å². The molecule has 2 heterocycles. The van der Waals surface area contributed by atoms with Gasteiger partial charge in [-0.15, -0.1) is 0 Å². The number of alkyl halides is 3. The van der Waals surface area contributed by atoms with Gasteiger partial charge in [-0.25, -0.2) is 0 Å². The zero-order valence-electron chi connectivity index (χ0n) is 9.98. The van der Waals surface area contributed by atoms with Gasteiger partial charge in [-0.1, -0.05) is 0 Å². The highest BCUT2D eigenvalue weighted by molar-refractivity contribution is 5.45. The Labute approximate surface area is 103 Å². The Hall–Kier alpha value is -1.30. The molecule has 0 spiro atoms. The lowest BCUT2D eigenvalue weighted by molar-refractivity contribution is -0.168. The second-order valence-corrected chi connectivity index (χ2v) is 4.59. The van der Waals surface area contributed by atoms with Crippen molar-refractivity contribution in [1.29, 1.82) is 0 Å². The minimum atomic E-state index is -4.12. The third-order valence-corrected chi connectivity index (χ3v) is 3.22. The third kappa shape index (κ3) is 2.75. The molecule has 0 bridgehead atoms. The van der Waals surface area contributed by atoms with Crippen molar-refractivity contribution in [2.75, 3.05) is 18.0 Å². The maximum Gasteiger partial charge on any atom is 0.393 e. The van der Waals surface area contributed by atoms with Crippen LogP contribution in [0.2, 0.25) is 0 Å². The maximum absolute atomic E-state index is 12.5. The molecule has 3 nitrogen and oxygen atoms in total. The predicted octanol–water partition coefficient (Wildman–Crippen LogP) is 2.52. The van der Waals surface area contributed by atoms with Crippen LogP contribution in [-0.2, 0) is 0 Å². The Bertz CT molecular complexity index is 403. The average Bonchev–Trinajstić information content (AvgIpc) is 2.78. The van der Waals surface area contributed by atoms with E-state index < -0.39 is 18.2 Å². The molecule has 2 unspecified atom stereocenters. The third-order valence-electron chi connectivity index (χ3n) is 3.22. The van der Waals surface area contributed by atoms with Crippen LogP contribution < -0.4 is 4.90 Å². The SMILES string of the molecule is CC(O)c1ccc(N2CCC(C(F)(F)F)C2)cn1. The topological polar surface area (TPSA) is 36.4 Å². The van der Waals surface area contributed by atoms with E-state index in [1.54, 1.807) is 24.0 Å². The normalized spacial score (nSPS) is 22.3. The first-order valence-electron chi connectivity index (χ1n) is 5.83. The summed E-state index contributed by atoms with van der Waals surface area (Å²) >= 11 is 0. The smallest absolute Gasteiger partial charge is 0.387 e. The molecule has 0 radical (unpaired) electrons. The number of pyridine rings is 1. The van der Waals surface area contributed by atoms with Gasteiger partial charge in [-0.2, -0.15) is 13.2 Å². The number of aliphatic hydroxyl groups excluding tert-OH is 1. The summed E-state index contributed by atoms with van der Waals surface area (Å²) in [7, 11) is 0. The molecule has 0 aromatic carbocycles. The van der Waals surface area contributed by atoms with Gasteiger partial charge in [0.15, 0.2) is 0 Å². The first kappa shape index (κ1) is 13.1. The Balaban J connectivity index is 2.05. The van der Waals surface area contributed by atoms with Crippen molar-refractivity contribution in [2.45, 2.75) is 25.6 Å². The minimum absolute atomic E-state index is 0.0147. The fraction of sp³-hybridized carbons (Fsp3) is 0.583. The predicted molar refractivity (Wildman–Crippen MR) is 61.2 cm³/mol. The van der Waals surface area contributed by atoms with Crippen molar-refractivity contribution in [1.82, 2.24) is 4.98 Å². The van der Waals surface area contributed by atoms with Crippen LogP contribution in [0.15, 0.2) is 18.3 Å². The number of nitrogens with zero attached hydrogens (tertiary/aromatic N) is 2. The van der Waals surface area contributed by atoms with Crippen LogP contribution in [0, 0.1) is 5.92 Å². The van der Waals surface area contributed by atoms with Gasteiger partial charge in [0.25, 0.3) is 0 Å². The Kier molecular flexibility index (Phi) is 3.47. The van der Waals surface area contributed by atoms with Gasteiger partial charge < -0.3 is 10.0 Å². The van der Waals surface area contributed by atoms with Crippen molar-refractivity contribution < 1.29 is 18.3 Å². The lowest BCUT2D eigenvalue weighted by Crippen LogP contribution is -2.27. The summed E-state index contributed by atoms with van der Waals surface area (Å²) in [5, 5.41) is 9.30. The second-order valence-electron chi connectivity index (χ2n) is 4.59. The molecule has 18 heavy (non-hydrogen) atoms. The van der Waals surface area contributed by atoms with Gasteiger partial charge >= 0.3 is 6.18 Å². The first-order chi connectivity index (χ1) is 8.38. The quantitative estimate of drug-likeness (QED) is 0.887. The van der Waals surface area contributed by atoms with E-state index in [1.807, 2.05) is 0 Å². The number of anilines is 1. The molecule has 100 valence electrons. The molecule has 1 aliphatic heterocycles. The van der Waals surface area contributed by atoms with E-state index in [0.29, 0.717) is 17.9 Å². The molecular weight excluding hydrogens is 245 g/mol. The number of aromatic nitrogens is 1. The van der Waals surface area contributed by atoms with E-state index in [-0.39, 0.29) is 13.0 Å². The lowest BCUT2D eigenvalue weighted by atomic mass is 10.1. The number of hydrogen-bond acceptors (Lipinski definition) is 3. The largest absolute Gasteiger partial charge is 0.393 e. The van der Waals surface area contributed by atoms with Crippen LogP contribution in [0.3, 0.4) is 0 Å². The van der Waals surface area contributed by atoms with Crippen LogP contribution in [0.5, 0.6) is 0 Å². The monoisotopic (exact) mass is 260 g/mol. The van der Waals surface area contributed by atoms with Crippen LogP contribution in [0.4, 0.5) is 18.9 Å². The molecule has 1 aromatic heterocycles. The standard InChI is InChI=1S/C12H15F3N2O/c1-8(18)11-3-2-10(6-16-11)17-5-4-9(7-17)12(13,14)15/h2-3,6,8-9,18H,4-5,7H2,1H3. The zero-order valence-corrected chi connectivity index (χ0v) is 9.98. The summed E-state index contributed by atoms with van der Waals surface area (Å²) in [4.78, 5) is 5.71. The van der Waals surface area contributed by atoms with Crippen LogP contribution >= 0.6 is 0 Å². The van der Waals surface area contributed by atoms with Crippen molar-refractivity contribution >= 4 is 5.69 Å². The maximum atomic E-state index is 12.5. The highest BCUT2D eigenvalue weighted by Crippen LogP contribution is 2.35. The molecule has 0 saturated carbocycles. The minimum Gasteiger partial charge on any atom is -0.387 e. The summed E-state index contributed by atoms with van der Waals surface area (Å²) in [5.74, 6) is -1.26. The van der Waals surface area contributed by atoms with E-state index in [2.05, 4.69) is 4.98 Å². The van der Waals surface area contributed by atoms with Gasteiger partial charge in [-0.05, 0) is 25.5 Å². The first-order valence-corrected chi connectivity index (χ1v) is 5.83. The van der Waals surface area contributed by atoms with E-state index in [1.165, 1.54) is 6.20 Å². The highest BCUT2D eigenvalue weighted by atomic mass is 19.4. The Morgan fingerprint density at radius 2 is 2.17 bits per heavy atom. The van der Waals surface area contributed by atoms with Crippen molar-refractivity contribution in [3.63, 3.8) is 0 Å². The summed E-state index contributed by atoms with van der Waals surface area (Å²) in [5.41, 5.74) is 1.19. The van der Waals surface area contributed by atoms with Crippen molar-refractivity contribution in [2.24, 2.45) is 5.92 Å². The van der Waals surface area contributed by atoms with Gasteiger partial charge in [0, 0.05) is 13.1 Å². The number of aliphatic hydroxyl groups is 1. The van der Waals surface area contributed by atoms with Gasteiger partial charge in [-0.3, -0.25) is 4.98 Å². The molecule has 1 N–H and O–H groups in total. The van der Waals surface area contributed by atoms with Crippen molar-refractivity contribution in [3.8, 4) is 0 Å². The van der Waals surface area contributed by atoms with Crippen molar-refractivity contribution in [3.05, 3.63) is 24.0 Å². The summed E-state index contributed by atoms with van der Waals surface area (Å²) in [6.45, 7) is 1.97. The molecule has 1 aromatic rings. The summed E-state index contributed by atoms with van der Waals surface area (Å²) in [6.07, 6.45) is -3.15.